The Bertz CT molecular complexity index is 1230. The fraction of sp³-hybridized carbons (Fsp3) is 0.355. The quantitative estimate of drug-likeness (QED) is 0.260. The van der Waals surface area contributed by atoms with E-state index in [1.54, 1.807) is 4.90 Å². The van der Waals surface area contributed by atoms with Crippen molar-refractivity contribution >= 4 is 43.7 Å². The third-order valence-electron chi connectivity index (χ3n) is 6.96. The Labute approximate surface area is 242 Å². The molecule has 3 aromatic rings. The molecule has 4 rings (SSSR count). The number of hydrogen-bond acceptors (Lipinski definition) is 3. The van der Waals surface area contributed by atoms with Gasteiger partial charge < -0.3 is 15.0 Å². The summed E-state index contributed by atoms with van der Waals surface area (Å²) in [6.45, 7) is 2.12. The molecule has 1 saturated carbocycles. The number of carbonyl (C=O) groups is 2. The molecule has 0 bridgehead atoms. The van der Waals surface area contributed by atoms with Crippen LogP contribution in [0, 0.1) is 6.92 Å². The van der Waals surface area contributed by atoms with Gasteiger partial charge in [0.15, 0.2) is 6.61 Å². The van der Waals surface area contributed by atoms with E-state index < -0.39 is 6.04 Å². The molecule has 0 spiro atoms. The first-order valence-corrected chi connectivity index (χ1v) is 14.7. The summed E-state index contributed by atoms with van der Waals surface area (Å²) in [5.41, 5.74) is 2.97. The molecule has 0 radical (unpaired) electrons. The van der Waals surface area contributed by atoms with Gasteiger partial charge in [0.1, 0.15) is 11.8 Å². The number of halogens is 2. The van der Waals surface area contributed by atoms with E-state index in [-0.39, 0.29) is 24.5 Å². The molecule has 38 heavy (non-hydrogen) atoms. The predicted molar refractivity (Wildman–Crippen MR) is 158 cm³/mol. The number of nitrogens with zero attached hydrogens (tertiary/aromatic N) is 1. The average molecular weight is 642 g/mol. The van der Waals surface area contributed by atoms with Crippen LogP contribution in [-0.4, -0.2) is 35.4 Å². The zero-order valence-electron chi connectivity index (χ0n) is 21.7. The minimum atomic E-state index is -0.666. The van der Waals surface area contributed by atoms with Crippen LogP contribution in [0.5, 0.6) is 5.75 Å². The van der Waals surface area contributed by atoms with Crippen LogP contribution >= 0.6 is 31.9 Å². The first-order chi connectivity index (χ1) is 18.4. The molecule has 7 heteroatoms. The van der Waals surface area contributed by atoms with Gasteiger partial charge in [-0.1, -0.05) is 93.6 Å². The van der Waals surface area contributed by atoms with Gasteiger partial charge >= 0.3 is 0 Å². The summed E-state index contributed by atoms with van der Waals surface area (Å²) in [5, 5.41) is 3.27. The van der Waals surface area contributed by atoms with Crippen molar-refractivity contribution in [2.75, 3.05) is 6.61 Å². The first kappa shape index (κ1) is 28.4. The number of carbonyl (C=O) groups excluding carboxylic acids is 2. The number of amides is 2. The van der Waals surface area contributed by atoms with Crippen LogP contribution in [0.2, 0.25) is 0 Å². The summed E-state index contributed by atoms with van der Waals surface area (Å²) in [4.78, 5) is 29.3. The third kappa shape index (κ3) is 8.18. The topological polar surface area (TPSA) is 58.6 Å². The highest BCUT2D eigenvalue weighted by atomic mass is 79.9. The fourth-order valence-corrected chi connectivity index (χ4v) is 5.56. The Morgan fingerprint density at radius 3 is 2.39 bits per heavy atom. The Balaban J connectivity index is 1.61. The number of hydrogen-bond donors (Lipinski definition) is 1. The van der Waals surface area contributed by atoms with Crippen LogP contribution in [0.25, 0.3) is 0 Å². The zero-order valence-corrected chi connectivity index (χ0v) is 24.8. The summed E-state index contributed by atoms with van der Waals surface area (Å²) in [7, 11) is 0. The van der Waals surface area contributed by atoms with E-state index in [9.17, 15) is 9.59 Å². The van der Waals surface area contributed by atoms with E-state index in [4.69, 9.17) is 4.74 Å². The monoisotopic (exact) mass is 640 g/mol. The van der Waals surface area contributed by atoms with E-state index in [0.29, 0.717) is 18.7 Å². The van der Waals surface area contributed by atoms with Crippen LogP contribution < -0.4 is 10.1 Å². The molecule has 1 fully saturated rings. The number of rotatable bonds is 10. The van der Waals surface area contributed by atoms with Crippen molar-refractivity contribution in [3.8, 4) is 5.75 Å². The van der Waals surface area contributed by atoms with Crippen molar-refractivity contribution in [2.45, 2.75) is 64.1 Å². The van der Waals surface area contributed by atoms with Crippen molar-refractivity contribution in [2.24, 2.45) is 0 Å². The average Bonchev–Trinajstić information content (AvgIpc) is 2.92. The lowest BCUT2D eigenvalue weighted by molar-refractivity contribution is -0.143. The Kier molecular flexibility index (Phi) is 10.4. The van der Waals surface area contributed by atoms with Crippen LogP contribution in [0.3, 0.4) is 0 Å². The van der Waals surface area contributed by atoms with Crippen LogP contribution in [0.1, 0.15) is 48.8 Å². The molecular formula is C31H34Br2N2O3. The summed E-state index contributed by atoms with van der Waals surface area (Å²) >= 11 is 7.04. The molecule has 1 aliphatic rings. The van der Waals surface area contributed by atoms with Crippen molar-refractivity contribution in [3.05, 3.63) is 98.4 Å². The predicted octanol–water partition coefficient (Wildman–Crippen LogP) is 6.99. The van der Waals surface area contributed by atoms with Crippen LogP contribution in [-0.2, 0) is 22.6 Å². The standard InChI is InChI=1S/C31H34Br2N2O3/c1-22-17-27(15-16-28(22)33)38-21-30(36)35(20-24-11-8-12-25(32)18-24)29(19-23-9-4-2-5-10-23)31(37)34-26-13-6-3-7-14-26/h2,4-5,8-12,15-18,26,29H,3,6-7,13-14,19-21H2,1H3,(H,34,37)/t29-/m1/s1. The highest BCUT2D eigenvalue weighted by Crippen LogP contribution is 2.23. The van der Waals surface area contributed by atoms with Crippen LogP contribution in [0.4, 0.5) is 0 Å². The van der Waals surface area contributed by atoms with E-state index in [1.807, 2.05) is 79.7 Å². The fourth-order valence-electron chi connectivity index (χ4n) is 4.87. The summed E-state index contributed by atoms with van der Waals surface area (Å²) in [5.74, 6) is 0.279. The molecule has 1 N–H and O–H groups in total. The molecule has 3 aromatic carbocycles. The minimum absolute atomic E-state index is 0.108. The van der Waals surface area contributed by atoms with Gasteiger partial charge in [0.2, 0.25) is 5.91 Å². The van der Waals surface area contributed by atoms with Gasteiger partial charge in [0.05, 0.1) is 0 Å². The lowest BCUT2D eigenvalue weighted by Gasteiger charge is -2.33. The Morgan fingerprint density at radius 2 is 1.68 bits per heavy atom. The maximum absolute atomic E-state index is 13.8. The van der Waals surface area contributed by atoms with Gasteiger partial charge in [-0.3, -0.25) is 9.59 Å². The number of nitrogens with one attached hydrogen (secondary N) is 1. The van der Waals surface area contributed by atoms with Crippen LogP contribution in [0.15, 0.2) is 81.7 Å². The lowest BCUT2D eigenvalue weighted by Crippen LogP contribution is -2.53. The van der Waals surface area contributed by atoms with E-state index in [1.165, 1.54) is 6.42 Å². The molecule has 0 aliphatic heterocycles. The third-order valence-corrected chi connectivity index (χ3v) is 8.34. The maximum atomic E-state index is 13.8. The number of aryl methyl sites for hydroxylation is 1. The van der Waals surface area contributed by atoms with E-state index in [2.05, 4.69) is 37.2 Å². The molecule has 0 heterocycles. The van der Waals surface area contributed by atoms with Crippen molar-refractivity contribution < 1.29 is 14.3 Å². The normalized spacial score (nSPS) is 14.5. The van der Waals surface area contributed by atoms with Crippen molar-refractivity contribution in [1.82, 2.24) is 10.2 Å². The largest absolute Gasteiger partial charge is 0.484 e. The summed E-state index contributed by atoms with van der Waals surface area (Å²) in [6.07, 6.45) is 5.84. The second-order valence-corrected chi connectivity index (χ2v) is 11.7. The van der Waals surface area contributed by atoms with Crippen molar-refractivity contribution in [3.63, 3.8) is 0 Å². The molecule has 5 nitrogen and oxygen atoms in total. The lowest BCUT2D eigenvalue weighted by atomic mass is 9.94. The zero-order chi connectivity index (χ0) is 26.9. The van der Waals surface area contributed by atoms with Gasteiger partial charge in [0.25, 0.3) is 5.91 Å². The second-order valence-electron chi connectivity index (χ2n) is 9.90. The molecule has 1 aliphatic carbocycles. The highest BCUT2D eigenvalue weighted by molar-refractivity contribution is 9.10. The van der Waals surface area contributed by atoms with Gasteiger partial charge in [0, 0.05) is 28.0 Å². The first-order valence-electron chi connectivity index (χ1n) is 13.2. The Morgan fingerprint density at radius 1 is 0.947 bits per heavy atom. The molecule has 2 amide bonds. The minimum Gasteiger partial charge on any atom is -0.484 e. The molecule has 1 atom stereocenters. The molecule has 0 aromatic heterocycles. The highest BCUT2D eigenvalue weighted by Gasteiger charge is 2.32. The molecular weight excluding hydrogens is 608 g/mol. The van der Waals surface area contributed by atoms with Gasteiger partial charge in [-0.2, -0.15) is 0 Å². The van der Waals surface area contributed by atoms with E-state index >= 15 is 0 Å². The van der Waals surface area contributed by atoms with E-state index in [0.717, 1.165) is 51.3 Å². The molecule has 0 unspecified atom stereocenters. The smallest absolute Gasteiger partial charge is 0.261 e. The maximum Gasteiger partial charge on any atom is 0.261 e. The van der Waals surface area contributed by atoms with Gasteiger partial charge in [-0.05, 0) is 66.8 Å². The molecule has 200 valence electrons. The number of ether oxygens (including phenoxy) is 1. The summed E-state index contributed by atoms with van der Waals surface area (Å²) < 4.78 is 7.83. The van der Waals surface area contributed by atoms with Crippen molar-refractivity contribution in [1.29, 1.82) is 0 Å². The van der Waals surface area contributed by atoms with Gasteiger partial charge in [-0.25, -0.2) is 0 Å². The Hall–Kier alpha value is -2.64. The SMILES string of the molecule is Cc1cc(OCC(=O)N(Cc2cccc(Br)c2)[C@H](Cc2ccccc2)C(=O)NC2CCCCC2)ccc1Br. The molecule has 0 saturated heterocycles. The second kappa shape index (κ2) is 13.9. The number of benzene rings is 3. The summed E-state index contributed by atoms with van der Waals surface area (Å²) in [6, 6.07) is 22.9. The van der Waals surface area contributed by atoms with Gasteiger partial charge in [-0.15, -0.1) is 0 Å².